The fraction of sp³-hybridized carbons (Fsp3) is 0.429. The number of aliphatic hydroxyl groups is 1. The molecular weight excluding hydrogens is 298 g/mol. The first-order valence-electron chi connectivity index (χ1n) is 8.80. The molecular formula is C21H27NO2. The lowest BCUT2D eigenvalue weighted by atomic mass is 10.1. The molecule has 24 heavy (non-hydrogen) atoms. The zero-order valence-electron chi connectivity index (χ0n) is 14.4. The maximum atomic E-state index is 10.3. The molecule has 1 fully saturated rings. The number of hydrogen-bond donors (Lipinski definition) is 1. The van der Waals surface area contributed by atoms with Crippen molar-refractivity contribution in [1.29, 1.82) is 0 Å². The molecule has 3 nitrogen and oxygen atoms in total. The molecule has 0 heterocycles. The Balaban J connectivity index is 1.45. The minimum atomic E-state index is -0.445. The molecule has 1 N–H and O–H groups in total. The average Bonchev–Trinajstić information content (AvgIpc) is 3.42. The van der Waals surface area contributed by atoms with Crippen LogP contribution in [0.4, 0.5) is 0 Å². The van der Waals surface area contributed by atoms with E-state index >= 15 is 0 Å². The molecule has 0 radical (unpaired) electrons. The van der Waals surface area contributed by atoms with Crippen LogP contribution in [-0.4, -0.2) is 35.3 Å². The van der Waals surface area contributed by atoms with Crippen LogP contribution in [0.25, 0.3) is 0 Å². The predicted octanol–water partition coefficient (Wildman–Crippen LogP) is 3.54. The van der Waals surface area contributed by atoms with Gasteiger partial charge in [-0.25, -0.2) is 0 Å². The first-order chi connectivity index (χ1) is 11.7. The summed E-state index contributed by atoms with van der Waals surface area (Å²) in [6.07, 6.45) is 2.03. The molecule has 0 unspecified atom stereocenters. The second-order valence-electron chi connectivity index (χ2n) is 6.80. The number of nitrogens with zero attached hydrogens (tertiary/aromatic N) is 1. The third kappa shape index (κ3) is 5.45. The fourth-order valence-corrected chi connectivity index (χ4v) is 2.92. The monoisotopic (exact) mass is 325 g/mol. The van der Waals surface area contributed by atoms with Crippen LogP contribution in [0.2, 0.25) is 0 Å². The Labute approximate surface area is 144 Å². The van der Waals surface area contributed by atoms with Crippen LogP contribution < -0.4 is 0 Å². The largest absolute Gasteiger partial charge is 0.389 e. The van der Waals surface area contributed by atoms with Crippen molar-refractivity contribution in [2.75, 3.05) is 13.2 Å². The van der Waals surface area contributed by atoms with Gasteiger partial charge in [0.2, 0.25) is 0 Å². The van der Waals surface area contributed by atoms with Crippen molar-refractivity contribution in [3.63, 3.8) is 0 Å². The van der Waals surface area contributed by atoms with E-state index < -0.39 is 6.10 Å². The van der Waals surface area contributed by atoms with E-state index in [9.17, 15) is 5.11 Å². The molecule has 2 aromatic rings. The first-order valence-corrected chi connectivity index (χ1v) is 8.80. The maximum absolute atomic E-state index is 10.3. The predicted molar refractivity (Wildman–Crippen MR) is 96.7 cm³/mol. The quantitative estimate of drug-likeness (QED) is 0.765. The normalized spacial score (nSPS) is 15.6. The highest BCUT2D eigenvalue weighted by molar-refractivity contribution is 5.21. The Hall–Kier alpha value is -1.68. The molecule has 0 spiro atoms. The molecule has 0 bridgehead atoms. The Morgan fingerprint density at radius 2 is 1.75 bits per heavy atom. The van der Waals surface area contributed by atoms with E-state index in [1.165, 1.54) is 24.0 Å². The van der Waals surface area contributed by atoms with Crippen LogP contribution in [0.3, 0.4) is 0 Å². The SMILES string of the molecule is Cc1ccc(CN(C[C@H](O)COCc2ccccc2)C2CC2)cc1. The van der Waals surface area contributed by atoms with Crippen LogP contribution >= 0.6 is 0 Å². The van der Waals surface area contributed by atoms with Crippen molar-refractivity contribution >= 4 is 0 Å². The molecule has 0 aromatic heterocycles. The van der Waals surface area contributed by atoms with Gasteiger partial charge in [-0.05, 0) is 30.9 Å². The molecule has 1 aliphatic rings. The molecule has 1 saturated carbocycles. The van der Waals surface area contributed by atoms with E-state index in [2.05, 4.69) is 36.1 Å². The Kier molecular flexibility index (Phi) is 6.02. The Bertz CT molecular complexity index is 607. The Morgan fingerprint density at radius 3 is 2.42 bits per heavy atom. The second-order valence-corrected chi connectivity index (χ2v) is 6.80. The summed E-state index contributed by atoms with van der Waals surface area (Å²) in [7, 11) is 0. The lowest BCUT2D eigenvalue weighted by molar-refractivity contribution is 0.00705. The summed E-state index contributed by atoms with van der Waals surface area (Å²) < 4.78 is 5.67. The van der Waals surface area contributed by atoms with Crippen LogP contribution in [0, 0.1) is 6.92 Å². The summed E-state index contributed by atoms with van der Waals surface area (Å²) in [5.74, 6) is 0. The van der Waals surface area contributed by atoms with E-state index in [0.717, 1.165) is 12.1 Å². The van der Waals surface area contributed by atoms with Crippen molar-refractivity contribution < 1.29 is 9.84 Å². The van der Waals surface area contributed by atoms with Gasteiger partial charge < -0.3 is 9.84 Å². The van der Waals surface area contributed by atoms with Gasteiger partial charge in [0, 0.05) is 19.1 Å². The topological polar surface area (TPSA) is 32.7 Å². The van der Waals surface area contributed by atoms with Gasteiger partial charge in [-0.3, -0.25) is 4.90 Å². The van der Waals surface area contributed by atoms with Gasteiger partial charge in [-0.2, -0.15) is 0 Å². The van der Waals surface area contributed by atoms with Crippen molar-refractivity contribution in [3.8, 4) is 0 Å². The minimum Gasteiger partial charge on any atom is -0.389 e. The highest BCUT2D eigenvalue weighted by Crippen LogP contribution is 2.28. The van der Waals surface area contributed by atoms with E-state index in [-0.39, 0.29) is 0 Å². The fourth-order valence-electron chi connectivity index (χ4n) is 2.92. The molecule has 1 aliphatic carbocycles. The summed E-state index contributed by atoms with van der Waals surface area (Å²) in [5.41, 5.74) is 3.74. The summed E-state index contributed by atoms with van der Waals surface area (Å²) >= 11 is 0. The minimum absolute atomic E-state index is 0.381. The zero-order chi connectivity index (χ0) is 16.8. The van der Waals surface area contributed by atoms with E-state index in [4.69, 9.17) is 4.74 Å². The average molecular weight is 325 g/mol. The van der Waals surface area contributed by atoms with Gasteiger partial charge in [0.25, 0.3) is 0 Å². The third-order valence-corrected chi connectivity index (χ3v) is 4.44. The summed E-state index contributed by atoms with van der Waals surface area (Å²) in [6.45, 7) is 4.62. The van der Waals surface area contributed by atoms with Gasteiger partial charge in [-0.15, -0.1) is 0 Å². The first kappa shape index (κ1) is 17.2. The lowest BCUT2D eigenvalue weighted by Gasteiger charge is -2.25. The number of rotatable bonds is 9. The molecule has 1 atom stereocenters. The number of aliphatic hydroxyl groups excluding tert-OH is 1. The van der Waals surface area contributed by atoms with E-state index in [1.807, 2.05) is 30.3 Å². The highest BCUT2D eigenvalue weighted by Gasteiger charge is 2.30. The van der Waals surface area contributed by atoms with Crippen molar-refractivity contribution in [2.45, 2.75) is 45.1 Å². The number of hydrogen-bond acceptors (Lipinski definition) is 3. The lowest BCUT2D eigenvalue weighted by Crippen LogP contribution is -2.36. The van der Waals surface area contributed by atoms with E-state index in [0.29, 0.717) is 25.8 Å². The zero-order valence-corrected chi connectivity index (χ0v) is 14.4. The molecule has 3 rings (SSSR count). The molecule has 0 saturated heterocycles. The summed E-state index contributed by atoms with van der Waals surface area (Å²) in [6, 6.07) is 19.4. The second kappa shape index (κ2) is 8.43. The van der Waals surface area contributed by atoms with Crippen molar-refractivity contribution in [1.82, 2.24) is 4.90 Å². The maximum Gasteiger partial charge on any atom is 0.0900 e. The highest BCUT2D eigenvalue weighted by atomic mass is 16.5. The molecule has 0 aliphatic heterocycles. The molecule has 3 heteroatoms. The Morgan fingerprint density at radius 1 is 1.04 bits per heavy atom. The van der Waals surface area contributed by atoms with Crippen LogP contribution in [0.5, 0.6) is 0 Å². The summed E-state index contributed by atoms with van der Waals surface area (Å²) in [5, 5.41) is 10.3. The third-order valence-electron chi connectivity index (χ3n) is 4.44. The van der Waals surface area contributed by atoms with Gasteiger partial charge in [-0.1, -0.05) is 60.2 Å². The van der Waals surface area contributed by atoms with Crippen LogP contribution in [0.1, 0.15) is 29.5 Å². The standard InChI is InChI=1S/C21H27NO2/c1-17-7-9-18(10-8-17)13-22(20-11-12-20)14-21(23)16-24-15-19-5-3-2-4-6-19/h2-10,20-21,23H,11-16H2,1H3/t21-/m0/s1. The van der Waals surface area contributed by atoms with Gasteiger partial charge in [0.1, 0.15) is 0 Å². The van der Waals surface area contributed by atoms with Crippen LogP contribution in [0.15, 0.2) is 54.6 Å². The summed E-state index contributed by atoms with van der Waals surface area (Å²) in [4.78, 5) is 2.39. The van der Waals surface area contributed by atoms with Gasteiger partial charge >= 0.3 is 0 Å². The number of ether oxygens (including phenoxy) is 1. The number of benzene rings is 2. The van der Waals surface area contributed by atoms with Crippen molar-refractivity contribution in [3.05, 3.63) is 71.3 Å². The molecule has 128 valence electrons. The smallest absolute Gasteiger partial charge is 0.0900 e. The molecule has 2 aromatic carbocycles. The van der Waals surface area contributed by atoms with Crippen LogP contribution in [-0.2, 0) is 17.9 Å². The van der Waals surface area contributed by atoms with E-state index in [1.54, 1.807) is 0 Å². The van der Waals surface area contributed by atoms with Gasteiger partial charge in [0.15, 0.2) is 0 Å². The van der Waals surface area contributed by atoms with Crippen molar-refractivity contribution in [2.24, 2.45) is 0 Å². The number of aryl methyl sites for hydroxylation is 1. The van der Waals surface area contributed by atoms with Gasteiger partial charge in [0.05, 0.1) is 19.3 Å². The molecule has 0 amide bonds.